The maximum atomic E-state index is 12.0. The number of aromatic nitrogens is 3. The molecule has 1 aliphatic rings. The van der Waals surface area contributed by atoms with E-state index in [9.17, 15) is 4.79 Å². The number of ether oxygens (including phenoxy) is 1. The van der Waals surface area contributed by atoms with Gasteiger partial charge in [-0.3, -0.25) is 4.79 Å². The fraction of sp³-hybridized carbons (Fsp3) is 0.429. The van der Waals surface area contributed by atoms with Gasteiger partial charge < -0.3 is 19.9 Å². The SMILES string of the molecule is Cc1cc(Nc2cnc(C(=O)NCC3CCCO3)cn2)no1. The van der Waals surface area contributed by atoms with Gasteiger partial charge in [-0.1, -0.05) is 5.16 Å². The molecule has 1 unspecified atom stereocenters. The molecule has 0 aromatic carbocycles. The Balaban J connectivity index is 1.54. The minimum atomic E-state index is -0.258. The van der Waals surface area contributed by atoms with Crippen LogP contribution in [0.25, 0.3) is 0 Å². The molecule has 3 heterocycles. The van der Waals surface area contributed by atoms with E-state index in [-0.39, 0.29) is 17.7 Å². The fourth-order valence-corrected chi connectivity index (χ4v) is 2.17. The topological polar surface area (TPSA) is 102 Å². The van der Waals surface area contributed by atoms with Crippen molar-refractivity contribution >= 4 is 17.5 Å². The van der Waals surface area contributed by atoms with E-state index in [0.29, 0.717) is 23.9 Å². The number of nitrogens with one attached hydrogen (secondary N) is 2. The molecule has 0 radical (unpaired) electrons. The van der Waals surface area contributed by atoms with Crippen molar-refractivity contribution in [3.63, 3.8) is 0 Å². The van der Waals surface area contributed by atoms with Gasteiger partial charge in [-0.2, -0.15) is 0 Å². The summed E-state index contributed by atoms with van der Waals surface area (Å²) in [5.41, 5.74) is 0.264. The monoisotopic (exact) mass is 303 g/mol. The van der Waals surface area contributed by atoms with Crippen molar-refractivity contribution in [3.8, 4) is 0 Å². The molecule has 1 fully saturated rings. The molecular weight excluding hydrogens is 286 g/mol. The molecule has 0 bridgehead atoms. The normalized spacial score (nSPS) is 17.4. The van der Waals surface area contributed by atoms with Crippen LogP contribution in [0.3, 0.4) is 0 Å². The van der Waals surface area contributed by atoms with Crippen molar-refractivity contribution in [3.05, 3.63) is 29.9 Å². The number of aryl methyl sites for hydroxylation is 1. The molecule has 1 aliphatic heterocycles. The molecule has 116 valence electrons. The minimum Gasteiger partial charge on any atom is -0.376 e. The first-order valence-electron chi connectivity index (χ1n) is 7.13. The maximum Gasteiger partial charge on any atom is 0.271 e. The van der Waals surface area contributed by atoms with Crippen molar-refractivity contribution in [1.29, 1.82) is 0 Å². The Kier molecular flexibility index (Phi) is 4.29. The third-order valence-corrected chi connectivity index (χ3v) is 3.28. The van der Waals surface area contributed by atoms with E-state index in [0.717, 1.165) is 19.4 Å². The van der Waals surface area contributed by atoms with E-state index in [2.05, 4.69) is 25.8 Å². The molecule has 1 saturated heterocycles. The van der Waals surface area contributed by atoms with Crippen LogP contribution < -0.4 is 10.6 Å². The highest BCUT2D eigenvalue weighted by atomic mass is 16.5. The van der Waals surface area contributed by atoms with Crippen molar-refractivity contribution in [2.45, 2.75) is 25.9 Å². The minimum absolute atomic E-state index is 0.105. The summed E-state index contributed by atoms with van der Waals surface area (Å²) in [7, 11) is 0. The van der Waals surface area contributed by atoms with Crippen LogP contribution in [0.4, 0.5) is 11.6 Å². The first kappa shape index (κ1) is 14.5. The highest BCUT2D eigenvalue weighted by Crippen LogP contribution is 2.13. The van der Waals surface area contributed by atoms with Gasteiger partial charge in [0.05, 0.1) is 18.5 Å². The van der Waals surface area contributed by atoms with Crippen molar-refractivity contribution in [1.82, 2.24) is 20.4 Å². The molecule has 1 atom stereocenters. The smallest absolute Gasteiger partial charge is 0.271 e. The maximum absolute atomic E-state index is 12.0. The van der Waals surface area contributed by atoms with Gasteiger partial charge in [0.25, 0.3) is 5.91 Å². The summed E-state index contributed by atoms with van der Waals surface area (Å²) < 4.78 is 10.4. The first-order valence-corrected chi connectivity index (χ1v) is 7.13. The quantitative estimate of drug-likeness (QED) is 0.861. The average molecular weight is 303 g/mol. The Bertz CT molecular complexity index is 634. The highest BCUT2D eigenvalue weighted by molar-refractivity contribution is 5.92. The van der Waals surface area contributed by atoms with Gasteiger partial charge >= 0.3 is 0 Å². The number of hydrogen-bond donors (Lipinski definition) is 2. The second kappa shape index (κ2) is 6.52. The molecule has 22 heavy (non-hydrogen) atoms. The zero-order chi connectivity index (χ0) is 15.4. The molecular formula is C14H17N5O3. The van der Waals surface area contributed by atoms with Gasteiger partial charge in [0.1, 0.15) is 17.3 Å². The van der Waals surface area contributed by atoms with E-state index >= 15 is 0 Å². The van der Waals surface area contributed by atoms with E-state index in [1.807, 2.05) is 0 Å². The molecule has 0 aliphatic carbocycles. The number of amides is 1. The number of hydrogen-bond acceptors (Lipinski definition) is 7. The Morgan fingerprint density at radius 3 is 2.91 bits per heavy atom. The van der Waals surface area contributed by atoms with Gasteiger partial charge in [-0.05, 0) is 19.8 Å². The number of anilines is 2. The lowest BCUT2D eigenvalue weighted by molar-refractivity contribution is 0.0853. The first-order chi connectivity index (χ1) is 10.7. The van der Waals surface area contributed by atoms with Crippen molar-refractivity contribution < 1.29 is 14.1 Å². The summed E-state index contributed by atoms with van der Waals surface area (Å²) >= 11 is 0. The third-order valence-electron chi connectivity index (χ3n) is 3.28. The fourth-order valence-electron chi connectivity index (χ4n) is 2.17. The predicted octanol–water partition coefficient (Wildman–Crippen LogP) is 1.43. The van der Waals surface area contributed by atoms with Gasteiger partial charge in [0.15, 0.2) is 5.82 Å². The molecule has 0 spiro atoms. The summed E-state index contributed by atoms with van der Waals surface area (Å²) in [6.07, 6.45) is 5.02. The summed E-state index contributed by atoms with van der Waals surface area (Å²) in [6.45, 7) is 3.06. The Labute approximate surface area is 127 Å². The molecule has 0 saturated carbocycles. The second-order valence-corrected chi connectivity index (χ2v) is 5.08. The lowest BCUT2D eigenvalue weighted by Gasteiger charge is -2.10. The van der Waals surface area contributed by atoms with Crippen LogP contribution in [0.1, 0.15) is 29.1 Å². The predicted molar refractivity (Wildman–Crippen MR) is 77.9 cm³/mol. The van der Waals surface area contributed by atoms with Crippen molar-refractivity contribution in [2.75, 3.05) is 18.5 Å². The van der Waals surface area contributed by atoms with E-state index < -0.39 is 0 Å². The molecule has 2 aromatic heterocycles. The molecule has 2 N–H and O–H groups in total. The highest BCUT2D eigenvalue weighted by Gasteiger charge is 2.17. The average Bonchev–Trinajstić information content (AvgIpc) is 3.17. The molecule has 8 heteroatoms. The van der Waals surface area contributed by atoms with E-state index in [1.54, 1.807) is 13.0 Å². The van der Waals surface area contributed by atoms with Gasteiger partial charge in [0, 0.05) is 19.2 Å². The second-order valence-electron chi connectivity index (χ2n) is 5.08. The van der Waals surface area contributed by atoms with Crippen LogP contribution in [0, 0.1) is 6.92 Å². The van der Waals surface area contributed by atoms with Crippen LogP contribution in [0.15, 0.2) is 23.0 Å². The van der Waals surface area contributed by atoms with Gasteiger partial charge in [0.2, 0.25) is 0 Å². The zero-order valence-corrected chi connectivity index (χ0v) is 12.2. The van der Waals surface area contributed by atoms with Gasteiger partial charge in [-0.25, -0.2) is 9.97 Å². The molecule has 3 rings (SSSR count). The number of carbonyl (C=O) groups is 1. The largest absolute Gasteiger partial charge is 0.376 e. The number of nitrogens with zero attached hydrogens (tertiary/aromatic N) is 3. The summed E-state index contributed by atoms with van der Waals surface area (Å²) in [4.78, 5) is 20.2. The van der Waals surface area contributed by atoms with Crippen LogP contribution in [-0.4, -0.2) is 40.3 Å². The molecule has 2 aromatic rings. The van der Waals surface area contributed by atoms with Crippen LogP contribution >= 0.6 is 0 Å². The van der Waals surface area contributed by atoms with Crippen LogP contribution in [0.2, 0.25) is 0 Å². The number of rotatable bonds is 5. The van der Waals surface area contributed by atoms with Crippen molar-refractivity contribution in [2.24, 2.45) is 0 Å². The number of carbonyl (C=O) groups excluding carboxylic acids is 1. The van der Waals surface area contributed by atoms with E-state index in [4.69, 9.17) is 9.26 Å². The molecule has 8 nitrogen and oxygen atoms in total. The summed E-state index contributed by atoms with van der Waals surface area (Å²) in [5, 5.41) is 9.53. The lowest BCUT2D eigenvalue weighted by Crippen LogP contribution is -2.32. The summed E-state index contributed by atoms with van der Waals surface area (Å²) in [5.74, 6) is 1.47. The Morgan fingerprint density at radius 1 is 1.36 bits per heavy atom. The van der Waals surface area contributed by atoms with Gasteiger partial charge in [-0.15, -0.1) is 0 Å². The Morgan fingerprint density at radius 2 is 2.27 bits per heavy atom. The third kappa shape index (κ3) is 3.59. The lowest BCUT2D eigenvalue weighted by atomic mass is 10.2. The van der Waals surface area contributed by atoms with Crippen LogP contribution in [0.5, 0.6) is 0 Å². The summed E-state index contributed by atoms with van der Waals surface area (Å²) in [6, 6.07) is 1.74. The van der Waals surface area contributed by atoms with Crippen LogP contribution in [-0.2, 0) is 4.74 Å². The zero-order valence-electron chi connectivity index (χ0n) is 12.2. The van der Waals surface area contributed by atoms with E-state index in [1.165, 1.54) is 12.4 Å². The standard InChI is InChI=1S/C14H17N5O3/c1-9-5-12(19-22-9)18-13-8-15-11(7-16-13)14(20)17-6-10-3-2-4-21-10/h5,7-8,10H,2-4,6H2,1H3,(H,17,20)(H,16,18,19). The Hall–Kier alpha value is -2.48. The molecule has 1 amide bonds.